The molecule has 3 heteroatoms. The van der Waals surface area contributed by atoms with Gasteiger partial charge in [-0.1, -0.05) is 43.2 Å². The fourth-order valence-electron chi connectivity index (χ4n) is 6.41. The first-order valence-electron chi connectivity index (χ1n) is 12.3. The molecule has 6 rings (SSSR count). The normalized spacial score (nSPS) is 15.6. The number of hydrogen-bond donors (Lipinski definition) is 0. The van der Waals surface area contributed by atoms with E-state index in [0.29, 0.717) is 0 Å². The highest BCUT2D eigenvalue weighted by molar-refractivity contribution is 5.88. The van der Waals surface area contributed by atoms with Crippen LogP contribution in [0.2, 0.25) is 0 Å². The first kappa shape index (κ1) is 21.2. The van der Waals surface area contributed by atoms with Gasteiger partial charge in [0, 0.05) is 28.3 Å². The summed E-state index contributed by atoms with van der Waals surface area (Å²) in [5, 5.41) is 0. The summed E-state index contributed by atoms with van der Waals surface area (Å²) < 4.78 is 15.8. The lowest BCUT2D eigenvalue weighted by Gasteiger charge is -2.28. The maximum absolute atomic E-state index is 13.5. The third kappa shape index (κ3) is 2.99. The maximum Gasteiger partial charge on any atom is 0.213 e. The molecule has 0 saturated heterocycles. The van der Waals surface area contributed by atoms with Gasteiger partial charge in [0.1, 0.15) is 12.9 Å². The first-order chi connectivity index (χ1) is 16.4. The van der Waals surface area contributed by atoms with E-state index in [2.05, 4.69) is 68.9 Å². The predicted molar refractivity (Wildman–Crippen MR) is 135 cm³/mol. The Bertz CT molecular complexity index is 1440. The Morgan fingerprint density at radius 2 is 1.53 bits per heavy atom. The van der Waals surface area contributed by atoms with E-state index in [-0.39, 0.29) is 11.2 Å². The third-order valence-corrected chi connectivity index (χ3v) is 8.02. The summed E-state index contributed by atoms with van der Waals surface area (Å²) in [7, 11) is 2.13. The molecule has 34 heavy (non-hydrogen) atoms. The quantitative estimate of drug-likeness (QED) is 0.297. The number of pyridine rings is 2. The van der Waals surface area contributed by atoms with Crippen LogP contribution in [0.5, 0.6) is 0 Å². The molecule has 0 bridgehead atoms. The van der Waals surface area contributed by atoms with Crippen LogP contribution in [0, 0.1) is 26.6 Å². The number of hydrogen-bond acceptors (Lipinski definition) is 1. The van der Waals surface area contributed by atoms with Gasteiger partial charge < -0.3 is 0 Å². The van der Waals surface area contributed by atoms with E-state index in [9.17, 15) is 4.39 Å². The molecule has 2 aliphatic carbocycles. The maximum atomic E-state index is 13.5. The van der Waals surface area contributed by atoms with Gasteiger partial charge in [0.05, 0.1) is 11.3 Å². The number of halogens is 1. The van der Waals surface area contributed by atoms with Gasteiger partial charge in [0.15, 0.2) is 6.20 Å². The zero-order valence-electron chi connectivity index (χ0n) is 20.4. The molecule has 0 amide bonds. The Morgan fingerprint density at radius 3 is 2.26 bits per heavy atom. The van der Waals surface area contributed by atoms with Crippen LogP contribution in [-0.2, 0) is 12.5 Å². The lowest BCUT2D eigenvalue weighted by atomic mass is 9.75. The molecule has 2 heterocycles. The molecular weight excluding hydrogens is 419 g/mol. The molecule has 0 unspecified atom stereocenters. The molecule has 1 fully saturated rings. The molecule has 2 nitrogen and oxygen atoms in total. The second-order valence-corrected chi connectivity index (χ2v) is 10.2. The zero-order valence-corrected chi connectivity index (χ0v) is 20.4. The molecule has 4 aromatic rings. The van der Waals surface area contributed by atoms with Gasteiger partial charge in [-0.05, 0) is 79.6 Å². The molecule has 170 valence electrons. The summed E-state index contributed by atoms with van der Waals surface area (Å²) in [6, 6.07) is 18.1. The highest BCUT2D eigenvalue weighted by Crippen LogP contribution is 2.59. The number of benzene rings is 2. The lowest BCUT2D eigenvalue weighted by Crippen LogP contribution is -2.33. The van der Waals surface area contributed by atoms with Crippen LogP contribution in [0.15, 0.2) is 60.8 Å². The number of nitrogens with zero attached hydrogens (tertiary/aromatic N) is 2. The average Bonchev–Trinajstić information content (AvgIpc) is 3.41. The molecule has 1 spiro atoms. The Labute approximate surface area is 201 Å². The van der Waals surface area contributed by atoms with Crippen LogP contribution in [0.1, 0.15) is 53.8 Å². The van der Waals surface area contributed by atoms with Gasteiger partial charge in [0.25, 0.3) is 0 Å². The topological polar surface area (TPSA) is 16.8 Å². The minimum absolute atomic E-state index is 0.00851. The predicted octanol–water partition coefficient (Wildman–Crippen LogP) is 7.14. The van der Waals surface area contributed by atoms with E-state index < -0.39 is 0 Å². The SMILES string of the molecule is Cc1ccc2c(n1)C1(CCCC1)c1c-2ccc(C)c1-c1cc(C)c(-c2ccc(F)cc2)c[n+]1C. The van der Waals surface area contributed by atoms with E-state index in [1.165, 1.54) is 69.7 Å². The molecular formula is C31H30FN2+. The number of fused-ring (bicyclic) bond motifs is 5. The van der Waals surface area contributed by atoms with Gasteiger partial charge >= 0.3 is 0 Å². The summed E-state index contributed by atoms with van der Waals surface area (Å²) in [6.07, 6.45) is 7.02. The highest BCUT2D eigenvalue weighted by atomic mass is 19.1. The van der Waals surface area contributed by atoms with E-state index >= 15 is 0 Å². The molecule has 2 aromatic carbocycles. The minimum Gasteiger partial charge on any atom is -0.257 e. The molecule has 1 saturated carbocycles. The van der Waals surface area contributed by atoms with Crippen LogP contribution < -0.4 is 4.57 Å². The van der Waals surface area contributed by atoms with Crippen molar-refractivity contribution in [1.82, 2.24) is 4.98 Å². The van der Waals surface area contributed by atoms with Gasteiger partial charge in [-0.2, -0.15) is 0 Å². The largest absolute Gasteiger partial charge is 0.257 e. The summed E-state index contributed by atoms with van der Waals surface area (Å²) in [5.74, 6) is -0.205. The molecule has 2 aromatic heterocycles. The Hall–Kier alpha value is -3.33. The van der Waals surface area contributed by atoms with Gasteiger partial charge in [-0.25, -0.2) is 8.96 Å². The van der Waals surface area contributed by atoms with Crippen LogP contribution in [-0.4, -0.2) is 4.98 Å². The number of rotatable bonds is 2. The Balaban J connectivity index is 1.60. The molecule has 0 radical (unpaired) electrons. The summed E-state index contributed by atoms with van der Waals surface area (Å²) >= 11 is 0. The van der Waals surface area contributed by atoms with E-state index in [1.54, 1.807) is 0 Å². The third-order valence-electron chi connectivity index (χ3n) is 8.02. The van der Waals surface area contributed by atoms with Crippen molar-refractivity contribution in [3.63, 3.8) is 0 Å². The van der Waals surface area contributed by atoms with Crippen molar-refractivity contribution in [2.45, 2.75) is 51.9 Å². The van der Waals surface area contributed by atoms with Crippen LogP contribution in [0.25, 0.3) is 33.5 Å². The van der Waals surface area contributed by atoms with Crippen LogP contribution >= 0.6 is 0 Å². The van der Waals surface area contributed by atoms with E-state index in [1.807, 2.05) is 12.1 Å². The monoisotopic (exact) mass is 449 g/mol. The summed E-state index contributed by atoms with van der Waals surface area (Å²) in [4.78, 5) is 5.13. The second kappa shape index (κ2) is 7.59. The summed E-state index contributed by atoms with van der Waals surface area (Å²) in [6.45, 7) is 6.50. The fraction of sp³-hybridized carbons (Fsp3) is 0.290. The van der Waals surface area contributed by atoms with Crippen molar-refractivity contribution in [2.24, 2.45) is 7.05 Å². The highest BCUT2D eigenvalue weighted by Gasteiger charge is 2.49. The first-order valence-corrected chi connectivity index (χ1v) is 12.3. The number of aromatic nitrogens is 2. The van der Waals surface area contributed by atoms with Crippen LogP contribution in [0.3, 0.4) is 0 Å². The van der Waals surface area contributed by atoms with Gasteiger partial charge in [-0.3, -0.25) is 4.98 Å². The summed E-state index contributed by atoms with van der Waals surface area (Å²) in [5.41, 5.74) is 13.8. The standard InChI is InChI=1S/C31H30FN2/c1-19-7-13-24-25-14-8-21(3)33-30(25)31(15-5-6-16-31)29(24)28(19)27-17-20(2)26(18-34(27)4)22-9-11-23(32)12-10-22/h7-14,17-18H,5-6,15-16H2,1-4H3/q+1. The zero-order chi connectivity index (χ0) is 23.6. The Kier molecular flexibility index (Phi) is 4.74. The Morgan fingerprint density at radius 1 is 0.824 bits per heavy atom. The van der Waals surface area contributed by atoms with Crippen molar-refractivity contribution in [2.75, 3.05) is 0 Å². The van der Waals surface area contributed by atoms with E-state index in [4.69, 9.17) is 4.98 Å². The van der Waals surface area contributed by atoms with Crippen LogP contribution in [0.4, 0.5) is 4.39 Å². The molecule has 2 aliphatic rings. The molecule has 0 aliphatic heterocycles. The molecule has 0 N–H and O–H groups in total. The van der Waals surface area contributed by atoms with Crippen molar-refractivity contribution in [1.29, 1.82) is 0 Å². The van der Waals surface area contributed by atoms with E-state index in [0.717, 1.165) is 29.7 Å². The van der Waals surface area contributed by atoms with Crippen molar-refractivity contribution >= 4 is 0 Å². The van der Waals surface area contributed by atoms with Crippen molar-refractivity contribution < 1.29 is 8.96 Å². The molecule has 0 atom stereocenters. The average molecular weight is 450 g/mol. The number of aryl methyl sites for hydroxylation is 4. The van der Waals surface area contributed by atoms with Crippen molar-refractivity contribution in [3.05, 3.63) is 94.7 Å². The fourth-order valence-corrected chi connectivity index (χ4v) is 6.41. The van der Waals surface area contributed by atoms with Gasteiger partial charge in [-0.15, -0.1) is 0 Å². The lowest BCUT2D eigenvalue weighted by molar-refractivity contribution is -0.660. The minimum atomic E-state index is -0.205. The van der Waals surface area contributed by atoms with Gasteiger partial charge in [0.2, 0.25) is 5.69 Å². The smallest absolute Gasteiger partial charge is 0.213 e. The van der Waals surface area contributed by atoms with Crippen molar-refractivity contribution in [3.8, 4) is 33.5 Å². The second-order valence-electron chi connectivity index (χ2n) is 10.2.